The number of carbonyl (C=O) groups excluding carboxylic acids is 2. The van der Waals surface area contributed by atoms with Crippen LogP contribution >= 0.6 is 11.3 Å². The number of carbonyl (C=O) groups is 2. The van der Waals surface area contributed by atoms with E-state index in [4.69, 9.17) is 4.74 Å². The van der Waals surface area contributed by atoms with Crippen LogP contribution in [0.3, 0.4) is 0 Å². The number of methoxy groups -OCH3 is 1. The molecule has 0 spiro atoms. The van der Waals surface area contributed by atoms with Gasteiger partial charge in [-0.05, 0) is 62.2 Å². The molecule has 156 valence electrons. The van der Waals surface area contributed by atoms with Gasteiger partial charge in [0, 0.05) is 24.4 Å². The Morgan fingerprint density at radius 3 is 2.62 bits per heavy atom. The van der Waals surface area contributed by atoms with Crippen LogP contribution in [0.1, 0.15) is 45.9 Å². The minimum atomic E-state index is -0.0737. The summed E-state index contributed by atoms with van der Waals surface area (Å²) in [5.74, 6) is 1.08. The molecule has 1 aromatic carbocycles. The summed E-state index contributed by atoms with van der Waals surface area (Å²) in [4.78, 5) is 27.7. The van der Waals surface area contributed by atoms with Crippen LogP contribution < -0.4 is 15.4 Å². The van der Waals surface area contributed by atoms with Crippen LogP contribution in [-0.2, 0) is 11.3 Å². The summed E-state index contributed by atoms with van der Waals surface area (Å²) < 4.78 is 5.28. The first kappa shape index (κ1) is 21.3. The smallest absolute Gasteiger partial charge is 0.261 e. The zero-order chi connectivity index (χ0) is 20.8. The molecule has 2 unspecified atom stereocenters. The molecule has 1 aliphatic heterocycles. The molecular formula is C22H29N3O3S. The predicted octanol–water partition coefficient (Wildman–Crippen LogP) is 3.21. The average molecular weight is 416 g/mol. The Balaban J connectivity index is 1.62. The van der Waals surface area contributed by atoms with Crippen LogP contribution in [0.25, 0.3) is 0 Å². The van der Waals surface area contributed by atoms with Gasteiger partial charge in [-0.3, -0.25) is 14.5 Å². The van der Waals surface area contributed by atoms with E-state index in [-0.39, 0.29) is 17.9 Å². The number of hydrogen-bond acceptors (Lipinski definition) is 5. The molecular weight excluding hydrogens is 386 g/mol. The van der Waals surface area contributed by atoms with Crippen LogP contribution in [0.4, 0.5) is 0 Å². The summed E-state index contributed by atoms with van der Waals surface area (Å²) >= 11 is 1.42. The Bertz CT molecular complexity index is 834. The number of likely N-dealkylation sites (tertiary alicyclic amines) is 1. The third-order valence-corrected chi connectivity index (χ3v) is 6.47. The normalized spacial score (nSPS) is 19.6. The van der Waals surface area contributed by atoms with Crippen LogP contribution in [0.5, 0.6) is 5.75 Å². The van der Waals surface area contributed by atoms with Gasteiger partial charge >= 0.3 is 0 Å². The zero-order valence-corrected chi connectivity index (χ0v) is 18.1. The maximum atomic E-state index is 12.6. The molecule has 0 saturated carbocycles. The van der Waals surface area contributed by atoms with Crippen molar-refractivity contribution in [1.29, 1.82) is 0 Å². The third-order valence-electron chi connectivity index (χ3n) is 5.39. The summed E-state index contributed by atoms with van der Waals surface area (Å²) in [6.45, 7) is 3.64. The molecule has 1 aliphatic rings. The number of ether oxygens (including phenoxy) is 1. The van der Waals surface area contributed by atoms with E-state index >= 15 is 0 Å². The van der Waals surface area contributed by atoms with Gasteiger partial charge in [0.25, 0.3) is 5.91 Å². The van der Waals surface area contributed by atoms with Crippen molar-refractivity contribution in [3.05, 3.63) is 51.7 Å². The standard InChI is InChI=1S/C22H29N3O3S/c1-15(26)23-14-19-10-11-20(29-19)22(27)24-13-17-5-4-12-25(2)21(17)16-6-8-18(28-3)9-7-16/h6-11,17,21H,4-5,12-14H2,1-3H3,(H,23,26)(H,24,27). The molecule has 2 N–H and O–H groups in total. The summed E-state index contributed by atoms with van der Waals surface area (Å²) in [6, 6.07) is 12.2. The average Bonchev–Trinajstić information content (AvgIpc) is 3.20. The first-order valence-electron chi connectivity index (χ1n) is 9.93. The Hall–Kier alpha value is -2.38. The Morgan fingerprint density at radius 2 is 1.93 bits per heavy atom. The minimum Gasteiger partial charge on any atom is -0.497 e. The van der Waals surface area contributed by atoms with E-state index in [1.807, 2.05) is 24.3 Å². The first-order chi connectivity index (χ1) is 14.0. The largest absolute Gasteiger partial charge is 0.497 e. The molecule has 3 rings (SSSR count). The number of amides is 2. The molecule has 2 aromatic rings. The number of nitrogens with one attached hydrogen (secondary N) is 2. The predicted molar refractivity (Wildman–Crippen MR) is 115 cm³/mol. The van der Waals surface area contributed by atoms with Crippen molar-refractivity contribution in [2.24, 2.45) is 5.92 Å². The van der Waals surface area contributed by atoms with Crippen molar-refractivity contribution in [2.45, 2.75) is 32.4 Å². The molecule has 29 heavy (non-hydrogen) atoms. The molecule has 6 nitrogen and oxygen atoms in total. The van der Waals surface area contributed by atoms with Crippen molar-refractivity contribution in [2.75, 3.05) is 27.2 Å². The molecule has 0 aliphatic carbocycles. The number of piperidine rings is 1. The van der Waals surface area contributed by atoms with Gasteiger partial charge in [-0.25, -0.2) is 0 Å². The molecule has 1 saturated heterocycles. The highest BCUT2D eigenvalue weighted by molar-refractivity contribution is 7.14. The highest BCUT2D eigenvalue weighted by Crippen LogP contribution is 2.35. The quantitative estimate of drug-likeness (QED) is 0.729. The minimum absolute atomic E-state index is 0.0502. The van der Waals surface area contributed by atoms with Gasteiger partial charge in [-0.1, -0.05) is 12.1 Å². The Morgan fingerprint density at radius 1 is 1.17 bits per heavy atom. The molecule has 7 heteroatoms. The van der Waals surface area contributed by atoms with Gasteiger partial charge in [-0.2, -0.15) is 0 Å². The van der Waals surface area contributed by atoms with Crippen molar-refractivity contribution >= 4 is 23.2 Å². The van der Waals surface area contributed by atoms with Crippen LogP contribution in [0.15, 0.2) is 36.4 Å². The van der Waals surface area contributed by atoms with Gasteiger partial charge in [0.15, 0.2) is 0 Å². The highest BCUT2D eigenvalue weighted by Gasteiger charge is 2.30. The van der Waals surface area contributed by atoms with Crippen molar-refractivity contribution in [1.82, 2.24) is 15.5 Å². The second kappa shape index (κ2) is 9.89. The number of rotatable bonds is 7. The number of benzene rings is 1. The van der Waals surface area contributed by atoms with E-state index in [1.54, 1.807) is 7.11 Å². The SMILES string of the molecule is COc1ccc(C2C(CNC(=O)c3ccc(CNC(C)=O)s3)CCCN2C)cc1. The molecule has 2 atom stereocenters. The van der Waals surface area contributed by atoms with Crippen LogP contribution in [-0.4, -0.2) is 44.0 Å². The lowest BCUT2D eigenvalue weighted by Crippen LogP contribution is -2.41. The van der Waals surface area contributed by atoms with Crippen LogP contribution in [0.2, 0.25) is 0 Å². The molecule has 1 aromatic heterocycles. The van der Waals surface area contributed by atoms with E-state index < -0.39 is 0 Å². The lowest BCUT2D eigenvalue weighted by molar-refractivity contribution is -0.119. The van der Waals surface area contributed by atoms with Gasteiger partial charge in [0.1, 0.15) is 5.75 Å². The van der Waals surface area contributed by atoms with Crippen molar-refractivity contribution < 1.29 is 14.3 Å². The summed E-state index contributed by atoms with van der Waals surface area (Å²) in [6.07, 6.45) is 2.21. The zero-order valence-electron chi connectivity index (χ0n) is 17.2. The van der Waals surface area contributed by atoms with Gasteiger partial charge in [0.2, 0.25) is 5.91 Å². The highest BCUT2D eigenvalue weighted by atomic mass is 32.1. The maximum absolute atomic E-state index is 12.6. The fourth-order valence-electron chi connectivity index (χ4n) is 3.92. The van der Waals surface area contributed by atoms with E-state index in [9.17, 15) is 9.59 Å². The lowest BCUT2D eigenvalue weighted by Gasteiger charge is -2.39. The first-order valence-corrected chi connectivity index (χ1v) is 10.7. The Kier molecular flexibility index (Phi) is 7.28. The topological polar surface area (TPSA) is 70.7 Å². The Labute approximate surface area is 176 Å². The fourth-order valence-corrected chi connectivity index (χ4v) is 4.78. The molecule has 0 bridgehead atoms. The van der Waals surface area contributed by atoms with Crippen LogP contribution in [0, 0.1) is 5.92 Å². The fraction of sp³-hybridized carbons (Fsp3) is 0.455. The van der Waals surface area contributed by atoms with E-state index in [2.05, 4.69) is 34.7 Å². The summed E-state index contributed by atoms with van der Waals surface area (Å²) in [5.41, 5.74) is 1.25. The molecule has 2 heterocycles. The molecule has 2 amide bonds. The molecule has 0 radical (unpaired) electrons. The number of nitrogens with zero attached hydrogens (tertiary/aromatic N) is 1. The molecule has 1 fully saturated rings. The maximum Gasteiger partial charge on any atom is 0.261 e. The lowest BCUT2D eigenvalue weighted by atomic mass is 9.85. The monoisotopic (exact) mass is 415 g/mol. The van der Waals surface area contributed by atoms with Gasteiger partial charge in [-0.15, -0.1) is 11.3 Å². The van der Waals surface area contributed by atoms with Crippen molar-refractivity contribution in [3.8, 4) is 5.75 Å². The summed E-state index contributed by atoms with van der Waals surface area (Å²) in [7, 11) is 3.82. The van der Waals surface area contributed by atoms with E-state index in [0.29, 0.717) is 23.9 Å². The second-order valence-corrected chi connectivity index (χ2v) is 8.65. The number of thiophene rings is 1. The third kappa shape index (κ3) is 5.58. The van der Waals surface area contributed by atoms with E-state index in [1.165, 1.54) is 23.8 Å². The van der Waals surface area contributed by atoms with Crippen molar-refractivity contribution in [3.63, 3.8) is 0 Å². The van der Waals surface area contributed by atoms with Gasteiger partial charge in [0.05, 0.1) is 18.5 Å². The van der Waals surface area contributed by atoms with E-state index in [0.717, 1.165) is 30.0 Å². The second-order valence-electron chi connectivity index (χ2n) is 7.49. The summed E-state index contributed by atoms with van der Waals surface area (Å²) in [5, 5.41) is 5.88. The number of hydrogen-bond donors (Lipinski definition) is 2. The van der Waals surface area contributed by atoms with Gasteiger partial charge < -0.3 is 15.4 Å².